The second-order valence-electron chi connectivity index (χ2n) is 4.51. The van der Waals surface area contributed by atoms with Gasteiger partial charge in [0.05, 0.1) is 4.90 Å². The smallest absolute Gasteiger partial charge is 0.238 e. The standard InChI is InChI=1S/C14H15N3O2S2.C2H6/c1-10-2-4-11(5-3-10)16-14(20)17-12-6-8-13(9-7-12)21(15,18)19;1-2/h2-9H,1H3,(H2,15,18,19)(H2,16,17,20);1-2H3. The molecule has 0 fully saturated rings. The summed E-state index contributed by atoms with van der Waals surface area (Å²) >= 11 is 5.19. The highest BCUT2D eigenvalue weighted by Gasteiger charge is 2.07. The highest BCUT2D eigenvalue weighted by Crippen LogP contribution is 2.14. The molecule has 4 N–H and O–H groups in total. The fraction of sp³-hybridized carbons (Fsp3) is 0.188. The Morgan fingerprint density at radius 1 is 0.913 bits per heavy atom. The van der Waals surface area contributed by atoms with Gasteiger partial charge in [-0.2, -0.15) is 0 Å². The van der Waals surface area contributed by atoms with Gasteiger partial charge in [0, 0.05) is 11.4 Å². The Balaban J connectivity index is 0.00000127. The van der Waals surface area contributed by atoms with Gasteiger partial charge in [-0.05, 0) is 55.5 Å². The van der Waals surface area contributed by atoms with E-state index in [0.717, 1.165) is 11.3 Å². The lowest BCUT2D eigenvalue weighted by Crippen LogP contribution is -2.19. The molecule has 0 unspecified atom stereocenters. The fourth-order valence-corrected chi connectivity index (χ4v) is 2.41. The van der Waals surface area contributed by atoms with Crippen molar-refractivity contribution in [2.75, 3.05) is 10.6 Å². The zero-order valence-electron chi connectivity index (χ0n) is 13.3. The molecule has 0 atom stereocenters. The summed E-state index contributed by atoms with van der Waals surface area (Å²) in [6, 6.07) is 13.8. The maximum absolute atomic E-state index is 11.2. The zero-order chi connectivity index (χ0) is 17.5. The maximum atomic E-state index is 11.2. The molecule has 0 aromatic heterocycles. The number of primary sulfonamides is 1. The van der Waals surface area contributed by atoms with Crippen LogP contribution in [-0.4, -0.2) is 13.5 Å². The molecule has 0 aliphatic heterocycles. The Kier molecular flexibility index (Phi) is 7.15. The van der Waals surface area contributed by atoms with E-state index < -0.39 is 10.0 Å². The third kappa shape index (κ3) is 6.35. The number of anilines is 2. The zero-order valence-corrected chi connectivity index (χ0v) is 15.0. The Labute approximate surface area is 143 Å². The Morgan fingerprint density at radius 3 is 1.70 bits per heavy atom. The van der Waals surface area contributed by atoms with Crippen LogP contribution in [0.25, 0.3) is 0 Å². The van der Waals surface area contributed by atoms with Crippen molar-refractivity contribution in [1.29, 1.82) is 0 Å². The monoisotopic (exact) mass is 351 g/mol. The molecule has 124 valence electrons. The first kappa shape index (κ1) is 19.1. The summed E-state index contributed by atoms with van der Waals surface area (Å²) in [4.78, 5) is 0.0606. The summed E-state index contributed by atoms with van der Waals surface area (Å²) < 4.78 is 22.3. The van der Waals surface area contributed by atoms with Gasteiger partial charge >= 0.3 is 0 Å². The van der Waals surface area contributed by atoms with E-state index in [9.17, 15) is 8.42 Å². The molecule has 0 bridgehead atoms. The van der Waals surface area contributed by atoms with Gasteiger partial charge in [0.15, 0.2) is 5.11 Å². The van der Waals surface area contributed by atoms with Crippen LogP contribution < -0.4 is 15.8 Å². The first-order chi connectivity index (χ1) is 10.8. The first-order valence-electron chi connectivity index (χ1n) is 7.12. The summed E-state index contributed by atoms with van der Waals surface area (Å²) in [7, 11) is -3.68. The van der Waals surface area contributed by atoms with E-state index in [1.54, 1.807) is 12.1 Å². The third-order valence-corrected chi connectivity index (χ3v) is 3.88. The molecule has 7 heteroatoms. The number of aryl methyl sites for hydroxylation is 1. The lowest BCUT2D eigenvalue weighted by molar-refractivity contribution is 0.598. The van der Waals surface area contributed by atoms with Crippen LogP contribution >= 0.6 is 12.2 Å². The van der Waals surface area contributed by atoms with Crippen molar-refractivity contribution in [3.63, 3.8) is 0 Å². The number of thiocarbonyl (C=S) groups is 1. The summed E-state index contributed by atoms with van der Waals surface area (Å²) in [5, 5.41) is 11.5. The van der Waals surface area contributed by atoms with Crippen molar-refractivity contribution in [2.45, 2.75) is 25.7 Å². The second kappa shape index (κ2) is 8.61. The van der Waals surface area contributed by atoms with Crippen molar-refractivity contribution < 1.29 is 8.42 Å². The van der Waals surface area contributed by atoms with Gasteiger partial charge in [0.2, 0.25) is 10.0 Å². The van der Waals surface area contributed by atoms with Gasteiger partial charge in [0.1, 0.15) is 0 Å². The van der Waals surface area contributed by atoms with Crippen LogP contribution in [0.3, 0.4) is 0 Å². The van der Waals surface area contributed by atoms with Gasteiger partial charge in [-0.25, -0.2) is 13.6 Å². The quantitative estimate of drug-likeness (QED) is 0.737. The summed E-state index contributed by atoms with van der Waals surface area (Å²) in [5.41, 5.74) is 2.71. The number of sulfonamides is 1. The van der Waals surface area contributed by atoms with Crippen molar-refractivity contribution in [1.82, 2.24) is 0 Å². The number of rotatable bonds is 3. The van der Waals surface area contributed by atoms with E-state index in [1.165, 1.54) is 12.1 Å². The van der Waals surface area contributed by atoms with E-state index >= 15 is 0 Å². The molecule has 23 heavy (non-hydrogen) atoms. The summed E-state index contributed by atoms with van der Waals surface area (Å²) in [6.45, 7) is 6.01. The van der Waals surface area contributed by atoms with Crippen LogP contribution in [0, 0.1) is 6.92 Å². The molecule has 0 aliphatic rings. The molecule has 2 aromatic rings. The topological polar surface area (TPSA) is 84.2 Å². The molecule has 0 spiro atoms. The van der Waals surface area contributed by atoms with Crippen LogP contribution in [0.15, 0.2) is 53.4 Å². The molecular weight excluding hydrogens is 330 g/mol. The average molecular weight is 351 g/mol. The van der Waals surface area contributed by atoms with E-state index in [0.29, 0.717) is 10.8 Å². The molecule has 0 saturated carbocycles. The number of hydrogen-bond donors (Lipinski definition) is 3. The molecule has 2 rings (SSSR count). The maximum Gasteiger partial charge on any atom is 0.238 e. The molecule has 0 amide bonds. The van der Waals surface area contributed by atoms with Crippen molar-refractivity contribution in [3.8, 4) is 0 Å². The molecule has 0 aliphatic carbocycles. The Morgan fingerprint density at radius 2 is 1.30 bits per heavy atom. The lowest BCUT2D eigenvalue weighted by atomic mass is 10.2. The number of benzene rings is 2. The van der Waals surface area contributed by atoms with E-state index in [2.05, 4.69) is 10.6 Å². The van der Waals surface area contributed by atoms with Gasteiger partial charge in [-0.1, -0.05) is 31.5 Å². The molecular formula is C16H21N3O2S2. The van der Waals surface area contributed by atoms with Crippen LogP contribution in [0.1, 0.15) is 19.4 Å². The third-order valence-electron chi connectivity index (χ3n) is 2.75. The Bertz CT molecular complexity index is 740. The van der Waals surface area contributed by atoms with Crippen molar-refractivity contribution >= 4 is 38.7 Å². The van der Waals surface area contributed by atoms with Crippen LogP contribution in [0.2, 0.25) is 0 Å². The van der Waals surface area contributed by atoms with E-state index in [1.807, 2.05) is 45.0 Å². The minimum Gasteiger partial charge on any atom is -0.332 e. The van der Waals surface area contributed by atoms with Crippen LogP contribution in [0.4, 0.5) is 11.4 Å². The van der Waals surface area contributed by atoms with Crippen molar-refractivity contribution in [2.24, 2.45) is 5.14 Å². The van der Waals surface area contributed by atoms with Crippen LogP contribution in [0.5, 0.6) is 0 Å². The number of hydrogen-bond acceptors (Lipinski definition) is 3. The van der Waals surface area contributed by atoms with Gasteiger partial charge in [-0.3, -0.25) is 0 Å². The highest BCUT2D eigenvalue weighted by atomic mass is 32.2. The van der Waals surface area contributed by atoms with E-state index in [4.69, 9.17) is 17.4 Å². The molecule has 2 aromatic carbocycles. The van der Waals surface area contributed by atoms with E-state index in [-0.39, 0.29) is 4.90 Å². The highest BCUT2D eigenvalue weighted by molar-refractivity contribution is 7.89. The largest absolute Gasteiger partial charge is 0.332 e. The number of nitrogens with two attached hydrogens (primary N) is 1. The second-order valence-corrected chi connectivity index (χ2v) is 6.48. The Hall–Kier alpha value is -1.96. The average Bonchev–Trinajstić information content (AvgIpc) is 2.51. The fourth-order valence-electron chi connectivity index (χ4n) is 1.66. The predicted molar refractivity (Wildman–Crippen MR) is 100 cm³/mol. The summed E-state index contributed by atoms with van der Waals surface area (Å²) in [5.74, 6) is 0. The first-order valence-corrected chi connectivity index (χ1v) is 9.07. The van der Waals surface area contributed by atoms with Crippen LogP contribution in [-0.2, 0) is 10.0 Å². The normalized spacial score (nSPS) is 10.3. The van der Waals surface area contributed by atoms with Crippen molar-refractivity contribution in [3.05, 3.63) is 54.1 Å². The molecule has 0 radical (unpaired) electrons. The minimum absolute atomic E-state index is 0.0606. The predicted octanol–water partition coefficient (Wildman–Crippen LogP) is 3.48. The number of nitrogens with one attached hydrogen (secondary N) is 2. The molecule has 0 saturated heterocycles. The SMILES string of the molecule is CC.Cc1ccc(NC(=S)Nc2ccc(S(N)(=O)=O)cc2)cc1. The summed E-state index contributed by atoms with van der Waals surface area (Å²) in [6.07, 6.45) is 0. The lowest BCUT2D eigenvalue weighted by Gasteiger charge is -2.11. The molecule has 0 heterocycles. The van der Waals surface area contributed by atoms with Gasteiger partial charge in [0.25, 0.3) is 0 Å². The van der Waals surface area contributed by atoms with Gasteiger partial charge < -0.3 is 10.6 Å². The van der Waals surface area contributed by atoms with Gasteiger partial charge in [-0.15, -0.1) is 0 Å². The molecule has 5 nitrogen and oxygen atoms in total. The minimum atomic E-state index is -3.68.